The first-order chi connectivity index (χ1) is 9.65. The van der Waals surface area contributed by atoms with Crippen molar-refractivity contribution in [3.63, 3.8) is 0 Å². The van der Waals surface area contributed by atoms with E-state index in [1.165, 1.54) is 0 Å². The lowest BCUT2D eigenvalue weighted by atomic mass is 10.2. The molecule has 0 aliphatic rings. The largest absolute Gasteiger partial charge is 0.320 e. The minimum atomic E-state index is -0.212. The fraction of sp³-hybridized carbons (Fsp3) is 0. The minimum absolute atomic E-state index is 0.212. The number of hydrogen-bond donors (Lipinski definition) is 2. The molecule has 0 bridgehead atoms. The van der Waals surface area contributed by atoms with Gasteiger partial charge in [-0.05, 0) is 40.2 Å². The molecule has 6 heteroatoms. The fourth-order valence-electron chi connectivity index (χ4n) is 1.94. The van der Waals surface area contributed by atoms with E-state index in [-0.39, 0.29) is 5.91 Å². The summed E-state index contributed by atoms with van der Waals surface area (Å²) in [5.74, 6) is -0.212. The van der Waals surface area contributed by atoms with Crippen molar-refractivity contribution in [2.75, 3.05) is 5.32 Å². The number of anilines is 1. The Morgan fingerprint density at radius 1 is 1.30 bits per heavy atom. The first kappa shape index (κ1) is 13.1. The molecule has 1 heterocycles. The Hall–Kier alpha value is -1.85. The molecule has 0 radical (unpaired) electrons. The fourth-order valence-corrected chi connectivity index (χ4v) is 2.80. The van der Waals surface area contributed by atoms with E-state index in [9.17, 15) is 4.79 Å². The predicted molar refractivity (Wildman–Crippen MR) is 83.2 cm³/mol. The molecule has 0 spiro atoms. The van der Waals surface area contributed by atoms with E-state index in [0.29, 0.717) is 20.7 Å². The Labute approximate surface area is 128 Å². The lowest BCUT2D eigenvalue weighted by molar-refractivity contribution is 0.102. The highest BCUT2D eigenvalue weighted by molar-refractivity contribution is 9.10. The molecule has 0 aliphatic heterocycles. The maximum Gasteiger partial charge on any atom is 0.256 e. The molecule has 0 saturated heterocycles. The summed E-state index contributed by atoms with van der Waals surface area (Å²) in [5, 5.41) is 11.2. The van der Waals surface area contributed by atoms with Gasteiger partial charge in [0, 0.05) is 14.9 Å². The van der Waals surface area contributed by atoms with Crippen LogP contribution in [-0.2, 0) is 0 Å². The SMILES string of the molecule is O=C(Nc1cccc2cn[nH]c12)c1ccc(Cl)cc1Br. The van der Waals surface area contributed by atoms with Crippen LogP contribution in [0.3, 0.4) is 0 Å². The van der Waals surface area contributed by atoms with Gasteiger partial charge in [0.1, 0.15) is 0 Å². The van der Waals surface area contributed by atoms with Gasteiger partial charge in [0.2, 0.25) is 0 Å². The number of fused-ring (bicyclic) bond motifs is 1. The van der Waals surface area contributed by atoms with Crippen LogP contribution in [0.25, 0.3) is 10.9 Å². The third kappa shape index (κ3) is 2.42. The zero-order valence-corrected chi connectivity index (χ0v) is 12.5. The quantitative estimate of drug-likeness (QED) is 0.726. The van der Waals surface area contributed by atoms with Gasteiger partial charge in [-0.1, -0.05) is 23.7 Å². The van der Waals surface area contributed by atoms with Crippen LogP contribution in [0.4, 0.5) is 5.69 Å². The van der Waals surface area contributed by atoms with Crippen LogP contribution in [0, 0.1) is 0 Å². The lowest BCUT2D eigenvalue weighted by Gasteiger charge is -2.08. The van der Waals surface area contributed by atoms with Crippen molar-refractivity contribution in [3.8, 4) is 0 Å². The van der Waals surface area contributed by atoms with E-state index in [1.807, 2.05) is 18.2 Å². The molecule has 4 nitrogen and oxygen atoms in total. The molecular weight excluding hydrogens is 342 g/mol. The number of amides is 1. The summed E-state index contributed by atoms with van der Waals surface area (Å²) in [6.07, 6.45) is 1.71. The first-order valence-electron chi connectivity index (χ1n) is 5.83. The minimum Gasteiger partial charge on any atom is -0.320 e. The number of carbonyl (C=O) groups excluding carboxylic acids is 1. The predicted octanol–water partition coefficient (Wildman–Crippen LogP) is 4.23. The van der Waals surface area contributed by atoms with Crippen LogP contribution >= 0.6 is 27.5 Å². The monoisotopic (exact) mass is 349 g/mol. The number of nitrogens with zero attached hydrogens (tertiary/aromatic N) is 1. The number of nitrogens with one attached hydrogen (secondary N) is 2. The number of rotatable bonds is 2. The van der Waals surface area contributed by atoms with Gasteiger partial charge < -0.3 is 5.32 Å². The van der Waals surface area contributed by atoms with Crippen molar-refractivity contribution in [1.29, 1.82) is 0 Å². The van der Waals surface area contributed by atoms with Crippen LogP contribution in [-0.4, -0.2) is 16.1 Å². The second-order valence-electron chi connectivity index (χ2n) is 4.22. The van der Waals surface area contributed by atoms with Gasteiger partial charge in [-0.25, -0.2) is 0 Å². The van der Waals surface area contributed by atoms with Crippen molar-refractivity contribution in [3.05, 3.63) is 57.7 Å². The molecule has 0 atom stereocenters. The van der Waals surface area contributed by atoms with Gasteiger partial charge in [0.15, 0.2) is 0 Å². The van der Waals surface area contributed by atoms with Gasteiger partial charge in [0.05, 0.1) is 23.0 Å². The summed E-state index contributed by atoms with van der Waals surface area (Å²) in [6.45, 7) is 0. The molecule has 0 unspecified atom stereocenters. The number of hydrogen-bond acceptors (Lipinski definition) is 2. The maximum atomic E-state index is 12.3. The Morgan fingerprint density at radius 2 is 2.15 bits per heavy atom. The molecule has 20 heavy (non-hydrogen) atoms. The van der Waals surface area contributed by atoms with E-state index >= 15 is 0 Å². The number of para-hydroxylation sites is 1. The van der Waals surface area contributed by atoms with Crippen LogP contribution < -0.4 is 5.32 Å². The summed E-state index contributed by atoms with van der Waals surface area (Å²) in [5.41, 5.74) is 2.00. The molecule has 100 valence electrons. The summed E-state index contributed by atoms with van der Waals surface area (Å²) in [4.78, 5) is 12.3. The average molecular weight is 351 g/mol. The number of H-pyrrole nitrogens is 1. The van der Waals surface area contributed by atoms with Crippen molar-refractivity contribution >= 4 is 50.0 Å². The molecule has 0 fully saturated rings. The Balaban J connectivity index is 1.94. The van der Waals surface area contributed by atoms with Gasteiger partial charge in [0.25, 0.3) is 5.91 Å². The van der Waals surface area contributed by atoms with Gasteiger partial charge in [-0.2, -0.15) is 5.10 Å². The van der Waals surface area contributed by atoms with Crippen LogP contribution in [0.1, 0.15) is 10.4 Å². The summed E-state index contributed by atoms with van der Waals surface area (Å²) in [6, 6.07) is 10.7. The lowest BCUT2D eigenvalue weighted by Crippen LogP contribution is -2.12. The van der Waals surface area contributed by atoms with E-state index in [4.69, 9.17) is 11.6 Å². The summed E-state index contributed by atoms with van der Waals surface area (Å²) in [7, 11) is 0. The second-order valence-corrected chi connectivity index (χ2v) is 5.51. The van der Waals surface area contributed by atoms with Crippen molar-refractivity contribution in [2.24, 2.45) is 0 Å². The van der Waals surface area contributed by atoms with Crippen molar-refractivity contribution in [1.82, 2.24) is 10.2 Å². The van der Waals surface area contributed by atoms with E-state index in [1.54, 1.807) is 24.4 Å². The standard InChI is InChI=1S/C14H9BrClN3O/c15-11-6-9(16)4-5-10(11)14(20)18-12-3-1-2-8-7-17-19-13(8)12/h1-7H,(H,17,19)(H,18,20). The van der Waals surface area contributed by atoms with Crippen LogP contribution in [0.5, 0.6) is 0 Å². The smallest absolute Gasteiger partial charge is 0.256 e. The van der Waals surface area contributed by atoms with Crippen molar-refractivity contribution < 1.29 is 4.79 Å². The molecule has 3 rings (SSSR count). The molecule has 2 aromatic carbocycles. The molecule has 0 aliphatic carbocycles. The zero-order valence-electron chi connectivity index (χ0n) is 10.2. The highest BCUT2D eigenvalue weighted by Crippen LogP contribution is 2.25. The highest BCUT2D eigenvalue weighted by atomic mass is 79.9. The number of aromatic amines is 1. The maximum absolute atomic E-state index is 12.3. The second kappa shape index (κ2) is 5.26. The zero-order chi connectivity index (χ0) is 14.1. The van der Waals surface area contributed by atoms with E-state index < -0.39 is 0 Å². The Kier molecular flexibility index (Phi) is 3.46. The third-order valence-corrected chi connectivity index (χ3v) is 3.79. The molecule has 0 saturated carbocycles. The topological polar surface area (TPSA) is 57.8 Å². The average Bonchev–Trinajstić information content (AvgIpc) is 2.87. The summed E-state index contributed by atoms with van der Waals surface area (Å²) >= 11 is 9.21. The van der Waals surface area contributed by atoms with E-state index in [0.717, 1.165) is 10.9 Å². The van der Waals surface area contributed by atoms with Crippen LogP contribution in [0.15, 0.2) is 47.1 Å². The molecular formula is C14H9BrClN3O. The number of halogens is 2. The van der Waals surface area contributed by atoms with Crippen molar-refractivity contribution in [2.45, 2.75) is 0 Å². The van der Waals surface area contributed by atoms with Crippen LogP contribution in [0.2, 0.25) is 5.02 Å². The Morgan fingerprint density at radius 3 is 2.95 bits per heavy atom. The summed E-state index contributed by atoms with van der Waals surface area (Å²) < 4.78 is 0.652. The molecule has 1 aromatic heterocycles. The molecule has 1 amide bonds. The number of benzene rings is 2. The Bertz CT molecular complexity index is 800. The van der Waals surface area contributed by atoms with Gasteiger partial charge >= 0.3 is 0 Å². The molecule has 2 N–H and O–H groups in total. The van der Waals surface area contributed by atoms with Gasteiger partial charge in [-0.3, -0.25) is 9.89 Å². The highest BCUT2D eigenvalue weighted by Gasteiger charge is 2.12. The normalized spacial score (nSPS) is 10.7. The molecule has 3 aromatic rings. The van der Waals surface area contributed by atoms with Gasteiger partial charge in [-0.15, -0.1) is 0 Å². The first-order valence-corrected chi connectivity index (χ1v) is 7.01. The number of aromatic nitrogens is 2. The van der Waals surface area contributed by atoms with E-state index in [2.05, 4.69) is 31.4 Å². The third-order valence-electron chi connectivity index (χ3n) is 2.90. The number of carbonyl (C=O) groups is 1.